The summed E-state index contributed by atoms with van der Waals surface area (Å²) in [7, 11) is 0. The average Bonchev–Trinajstić information content (AvgIpc) is 3.00. The van der Waals surface area contributed by atoms with Gasteiger partial charge >= 0.3 is 11.9 Å². The minimum absolute atomic E-state index is 0.138. The number of carboxylic acid groups (broad SMARTS) is 2. The molecule has 0 radical (unpaired) electrons. The smallest absolute Gasteiger partial charge is 0.306 e. The van der Waals surface area contributed by atoms with Crippen molar-refractivity contribution in [1.82, 2.24) is 0 Å². The summed E-state index contributed by atoms with van der Waals surface area (Å²) >= 11 is 0. The summed E-state index contributed by atoms with van der Waals surface area (Å²) in [6.45, 7) is 0. The Balaban J connectivity index is 0.000000131. The van der Waals surface area contributed by atoms with Crippen LogP contribution in [0.5, 0.6) is 0 Å². The number of carboxylic acids is 2. The van der Waals surface area contributed by atoms with E-state index in [4.69, 9.17) is 19.7 Å². The zero-order valence-electron chi connectivity index (χ0n) is 12.6. The number of rotatable bonds is 2. The molecule has 0 aromatic rings. The number of ether oxygens (including phenoxy) is 2. The first-order valence-electron chi connectivity index (χ1n) is 8.27. The van der Waals surface area contributed by atoms with Gasteiger partial charge in [0.2, 0.25) is 0 Å². The Bertz CT molecular complexity index is 372. The lowest BCUT2D eigenvalue weighted by Crippen LogP contribution is -2.29. The van der Waals surface area contributed by atoms with Crippen molar-refractivity contribution in [3.8, 4) is 0 Å². The molecule has 0 amide bonds. The molecule has 0 spiro atoms. The molecule has 6 heteroatoms. The van der Waals surface area contributed by atoms with E-state index in [0.717, 1.165) is 51.4 Å². The van der Waals surface area contributed by atoms with Gasteiger partial charge in [-0.3, -0.25) is 9.59 Å². The third-order valence-electron chi connectivity index (χ3n) is 5.28. The predicted octanol–water partition coefficient (Wildman–Crippen LogP) is 2.06. The third-order valence-corrected chi connectivity index (χ3v) is 5.28. The molecule has 4 fully saturated rings. The SMILES string of the molecule is O=C(O)C1C[C@H]2CC[C@@H](C1)O2.O=C(O)C1C[C@H]2CC[C@@H](C1)O2. The summed E-state index contributed by atoms with van der Waals surface area (Å²) in [5.41, 5.74) is 0. The summed E-state index contributed by atoms with van der Waals surface area (Å²) in [6, 6.07) is 0. The average molecular weight is 312 g/mol. The van der Waals surface area contributed by atoms with Crippen molar-refractivity contribution in [3.05, 3.63) is 0 Å². The Morgan fingerprint density at radius 1 is 0.636 bits per heavy atom. The first kappa shape index (κ1) is 15.7. The molecule has 6 nitrogen and oxygen atoms in total. The Morgan fingerprint density at radius 3 is 1.14 bits per heavy atom. The van der Waals surface area contributed by atoms with E-state index in [0.29, 0.717) is 0 Å². The largest absolute Gasteiger partial charge is 0.481 e. The first-order chi connectivity index (χ1) is 10.5. The fourth-order valence-electron chi connectivity index (χ4n) is 4.12. The van der Waals surface area contributed by atoms with Gasteiger partial charge in [-0.05, 0) is 51.4 Å². The van der Waals surface area contributed by atoms with Crippen molar-refractivity contribution < 1.29 is 29.3 Å². The third kappa shape index (κ3) is 3.60. The summed E-state index contributed by atoms with van der Waals surface area (Å²) in [6.07, 6.45) is 8.15. The Morgan fingerprint density at radius 2 is 0.909 bits per heavy atom. The van der Waals surface area contributed by atoms with Gasteiger partial charge in [-0.2, -0.15) is 0 Å². The Hall–Kier alpha value is -1.14. The second kappa shape index (κ2) is 6.54. The lowest BCUT2D eigenvalue weighted by molar-refractivity contribution is -0.148. The van der Waals surface area contributed by atoms with E-state index in [2.05, 4.69) is 0 Å². The van der Waals surface area contributed by atoms with Gasteiger partial charge in [0.25, 0.3) is 0 Å². The van der Waals surface area contributed by atoms with Crippen molar-refractivity contribution in [2.45, 2.75) is 75.8 Å². The number of hydrogen-bond acceptors (Lipinski definition) is 4. The fraction of sp³-hybridized carbons (Fsp3) is 0.875. The highest BCUT2D eigenvalue weighted by atomic mass is 16.5. The van der Waals surface area contributed by atoms with Crippen LogP contribution < -0.4 is 0 Å². The van der Waals surface area contributed by atoms with Crippen LogP contribution in [-0.2, 0) is 19.1 Å². The van der Waals surface area contributed by atoms with Gasteiger partial charge in [0.15, 0.2) is 0 Å². The molecular weight excluding hydrogens is 288 g/mol. The molecule has 0 aromatic carbocycles. The molecular formula is C16H24O6. The van der Waals surface area contributed by atoms with Gasteiger partial charge in [-0.25, -0.2) is 0 Å². The van der Waals surface area contributed by atoms with Gasteiger partial charge in [0.05, 0.1) is 36.3 Å². The molecule has 124 valence electrons. The van der Waals surface area contributed by atoms with Crippen LogP contribution in [0, 0.1) is 11.8 Å². The van der Waals surface area contributed by atoms with Crippen LogP contribution in [0.1, 0.15) is 51.4 Å². The van der Waals surface area contributed by atoms with E-state index < -0.39 is 11.9 Å². The molecule has 4 aliphatic heterocycles. The minimum atomic E-state index is -0.648. The van der Waals surface area contributed by atoms with Crippen LogP contribution in [0.25, 0.3) is 0 Å². The second-order valence-electron chi connectivity index (χ2n) is 6.93. The molecule has 0 aliphatic carbocycles. The van der Waals surface area contributed by atoms with E-state index in [1.807, 2.05) is 0 Å². The van der Waals surface area contributed by atoms with Crippen molar-refractivity contribution in [1.29, 1.82) is 0 Å². The maximum atomic E-state index is 10.6. The van der Waals surface area contributed by atoms with Crippen molar-refractivity contribution in [3.63, 3.8) is 0 Å². The van der Waals surface area contributed by atoms with Crippen LogP contribution >= 0.6 is 0 Å². The molecule has 6 atom stereocenters. The molecule has 0 aromatic heterocycles. The highest BCUT2D eigenvalue weighted by Crippen LogP contribution is 2.36. The van der Waals surface area contributed by atoms with Crippen LogP contribution in [0.4, 0.5) is 0 Å². The van der Waals surface area contributed by atoms with Crippen molar-refractivity contribution in [2.75, 3.05) is 0 Å². The monoisotopic (exact) mass is 312 g/mol. The standard InChI is InChI=1S/2C8H12O3/c2*9-8(10)5-3-6-1-2-7(4-5)11-6/h2*5-7H,1-4H2,(H,9,10)/t2*5?,6-,7+. The van der Waals surface area contributed by atoms with Crippen LogP contribution in [0.15, 0.2) is 0 Å². The topological polar surface area (TPSA) is 93.1 Å². The molecule has 22 heavy (non-hydrogen) atoms. The van der Waals surface area contributed by atoms with Gasteiger partial charge in [-0.15, -0.1) is 0 Å². The van der Waals surface area contributed by atoms with Crippen molar-refractivity contribution >= 4 is 11.9 Å². The van der Waals surface area contributed by atoms with Gasteiger partial charge in [0.1, 0.15) is 0 Å². The van der Waals surface area contributed by atoms with Gasteiger partial charge in [0, 0.05) is 0 Å². The van der Waals surface area contributed by atoms with E-state index in [1.54, 1.807) is 0 Å². The highest BCUT2D eigenvalue weighted by Gasteiger charge is 2.38. The highest BCUT2D eigenvalue weighted by molar-refractivity contribution is 5.70. The lowest BCUT2D eigenvalue weighted by atomic mass is 9.96. The summed E-state index contributed by atoms with van der Waals surface area (Å²) in [5, 5.41) is 17.5. The normalized spacial score (nSPS) is 42.4. The molecule has 4 aliphatic rings. The number of carbonyl (C=O) groups is 2. The maximum absolute atomic E-state index is 10.6. The van der Waals surface area contributed by atoms with Crippen LogP contribution in [0.3, 0.4) is 0 Å². The first-order valence-corrected chi connectivity index (χ1v) is 8.27. The van der Waals surface area contributed by atoms with E-state index >= 15 is 0 Å². The van der Waals surface area contributed by atoms with Crippen LogP contribution in [-0.4, -0.2) is 46.6 Å². The predicted molar refractivity (Wildman–Crippen MR) is 76.5 cm³/mol. The maximum Gasteiger partial charge on any atom is 0.306 e. The van der Waals surface area contributed by atoms with E-state index in [-0.39, 0.29) is 36.3 Å². The summed E-state index contributed by atoms with van der Waals surface area (Å²) < 4.78 is 11.0. The molecule has 4 heterocycles. The van der Waals surface area contributed by atoms with E-state index in [9.17, 15) is 9.59 Å². The van der Waals surface area contributed by atoms with Crippen LogP contribution in [0.2, 0.25) is 0 Å². The lowest BCUT2D eigenvalue weighted by Gasteiger charge is -2.25. The van der Waals surface area contributed by atoms with Gasteiger partial charge in [-0.1, -0.05) is 0 Å². The van der Waals surface area contributed by atoms with E-state index in [1.165, 1.54) is 0 Å². The minimum Gasteiger partial charge on any atom is -0.481 e. The summed E-state index contributed by atoms with van der Waals surface area (Å²) in [4.78, 5) is 21.2. The molecule has 2 unspecified atom stereocenters. The number of hydrogen-bond donors (Lipinski definition) is 2. The summed E-state index contributed by atoms with van der Waals surface area (Å²) in [5.74, 6) is -1.57. The Labute approximate surface area is 129 Å². The van der Waals surface area contributed by atoms with Gasteiger partial charge < -0.3 is 19.7 Å². The molecule has 4 saturated heterocycles. The zero-order chi connectivity index (χ0) is 15.7. The fourth-order valence-corrected chi connectivity index (χ4v) is 4.12. The second-order valence-corrected chi connectivity index (χ2v) is 6.93. The molecule has 4 bridgehead atoms. The van der Waals surface area contributed by atoms with Crippen molar-refractivity contribution in [2.24, 2.45) is 11.8 Å². The number of aliphatic carboxylic acids is 2. The zero-order valence-corrected chi connectivity index (χ0v) is 12.6. The molecule has 4 rings (SSSR count). The molecule has 0 saturated carbocycles. The quantitative estimate of drug-likeness (QED) is 0.810. The number of fused-ring (bicyclic) bond motifs is 4. The Kier molecular flexibility index (Phi) is 4.68. The molecule has 2 N–H and O–H groups in total.